The second-order valence-corrected chi connectivity index (χ2v) is 5.84. The molecule has 7 heteroatoms. The molecule has 27 heavy (non-hydrogen) atoms. The molecular formula is C20H18N2O5. The molecule has 0 fully saturated rings. The van der Waals surface area contributed by atoms with E-state index in [9.17, 15) is 9.59 Å². The summed E-state index contributed by atoms with van der Waals surface area (Å²) in [4.78, 5) is 28.6. The number of hydrogen-bond donors (Lipinski definition) is 1. The summed E-state index contributed by atoms with van der Waals surface area (Å²) in [5.74, 6) is -0.606. The van der Waals surface area contributed by atoms with Gasteiger partial charge in [0.2, 0.25) is 0 Å². The van der Waals surface area contributed by atoms with Gasteiger partial charge in [-0.25, -0.2) is 4.79 Å². The van der Waals surface area contributed by atoms with Crippen LogP contribution in [0.4, 0.5) is 5.69 Å². The number of benzene rings is 2. The number of hydrogen-bond acceptors (Lipinski definition) is 6. The van der Waals surface area contributed by atoms with Gasteiger partial charge < -0.3 is 19.3 Å². The summed E-state index contributed by atoms with van der Waals surface area (Å²) >= 11 is 0. The lowest BCUT2D eigenvalue weighted by Crippen LogP contribution is -2.22. The summed E-state index contributed by atoms with van der Waals surface area (Å²) in [5.41, 5.74) is 2.07. The fourth-order valence-corrected chi connectivity index (χ4v) is 2.46. The van der Waals surface area contributed by atoms with Gasteiger partial charge in [-0.05, 0) is 36.3 Å². The monoisotopic (exact) mass is 366 g/mol. The average Bonchev–Trinajstić information content (AvgIpc) is 2.66. The third-order valence-electron chi connectivity index (χ3n) is 3.77. The molecule has 0 aliphatic rings. The highest BCUT2D eigenvalue weighted by atomic mass is 16.7. The predicted octanol–water partition coefficient (Wildman–Crippen LogP) is 3.38. The number of para-hydroxylation sites is 1. The van der Waals surface area contributed by atoms with Crippen LogP contribution in [0.2, 0.25) is 0 Å². The number of carbonyl (C=O) groups is 2. The Balaban J connectivity index is 2.10. The third-order valence-corrected chi connectivity index (χ3v) is 3.77. The highest BCUT2D eigenvalue weighted by Crippen LogP contribution is 2.24. The van der Waals surface area contributed by atoms with Crippen molar-refractivity contribution in [3.05, 3.63) is 65.2 Å². The topological polar surface area (TPSA) is 90.1 Å². The van der Waals surface area contributed by atoms with Crippen molar-refractivity contribution in [3.8, 4) is 5.75 Å². The molecule has 3 aromatic rings. The molecule has 0 aliphatic carbocycles. The van der Waals surface area contributed by atoms with Crippen molar-refractivity contribution in [2.75, 3.05) is 12.4 Å². The van der Waals surface area contributed by atoms with Crippen molar-refractivity contribution in [2.45, 2.75) is 13.8 Å². The number of fused-ring (bicyclic) bond motifs is 1. The number of nitrogens with one attached hydrogen (secondary N) is 1. The third kappa shape index (κ3) is 4.14. The van der Waals surface area contributed by atoms with E-state index in [2.05, 4.69) is 15.3 Å². The Labute approximate surface area is 155 Å². The van der Waals surface area contributed by atoms with Crippen molar-refractivity contribution in [1.82, 2.24) is 0 Å². The van der Waals surface area contributed by atoms with E-state index in [1.54, 1.807) is 36.4 Å². The molecule has 3 rings (SSSR count). The lowest BCUT2D eigenvalue weighted by molar-refractivity contribution is -0.141. The van der Waals surface area contributed by atoms with Crippen molar-refractivity contribution in [3.63, 3.8) is 0 Å². The summed E-state index contributed by atoms with van der Waals surface area (Å²) in [6.45, 7) is 3.16. The first-order valence-electron chi connectivity index (χ1n) is 8.18. The van der Waals surface area contributed by atoms with Gasteiger partial charge in [-0.15, -0.1) is 0 Å². The standard InChI is InChI=1S/C20H18N2O5/c1-12-7-9-15(10-8-12)21-19(24)16-11-14-5-4-6-17(25-3)18(14)26-20(16)22-27-13(2)23/h4-11H,1-3H3,(H,21,24)/b22-20+. The van der Waals surface area contributed by atoms with Crippen molar-refractivity contribution >= 4 is 28.5 Å². The maximum absolute atomic E-state index is 12.8. The molecule has 0 aliphatic heterocycles. The minimum absolute atomic E-state index is 0.123. The minimum atomic E-state index is -0.629. The number of anilines is 1. The Kier molecular flexibility index (Phi) is 5.21. The van der Waals surface area contributed by atoms with E-state index in [4.69, 9.17) is 9.15 Å². The van der Waals surface area contributed by atoms with Crippen LogP contribution < -0.4 is 15.6 Å². The Morgan fingerprint density at radius 3 is 2.52 bits per heavy atom. The van der Waals surface area contributed by atoms with E-state index in [0.29, 0.717) is 22.4 Å². The lowest BCUT2D eigenvalue weighted by Gasteiger charge is -2.08. The summed E-state index contributed by atoms with van der Waals surface area (Å²) in [6.07, 6.45) is 0. The van der Waals surface area contributed by atoms with Crippen LogP contribution in [0.1, 0.15) is 22.8 Å². The first-order chi connectivity index (χ1) is 13.0. The first-order valence-corrected chi connectivity index (χ1v) is 8.18. The number of aryl methyl sites for hydroxylation is 1. The quantitative estimate of drug-likeness (QED) is 0.565. The highest BCUT2D eigenvalue weighted by molar-refractivity contribution is 6.05. The molecule has 0 saturated carbocycles. The van der Waals surface area contributed by atoms with Crippen LogP contribution in [0.15, 0.2) is 58.1 Å². The second-order valence-electron chi connectivity index (χ2n) is 5.84. The molecule has 0 saturated heterocycles. The number of amides is 1. The molecule has 0 spiro atoms. The van der Waals surface area contributed by atoms with Gasteiger partial charge in [0.05, 0.1) is 7.11 Å². The largest absolute Gasteiger partial charge is 0.493 e. The van der Waals surface area contributed by atoms with E-state index in [1.165, 1.54) is 14.0 Å². The maximum Gasteiger partial charge on any atom is 0.332 e. The molecular weight excluding hydrogens is 348 g/mol. The Morgan fingerprint density at radius 1 is 1.11 bits per heavy atom. The number of carbonyl (C=O) groups excluding carboxylic acids is 2. The summed E-state index contributed by atoms with van der Waals surface area (Å²) in [7, 11) is 1.51. The molecule has 2 aromatic carbocycles. The Bertz CT molecular complexity index is 1070. The van der Waals surface area contributed by atoms with E-state index in [-0.39, 0.29) is 11.1 Å². The zero-order valence-electron chi connectivity index (χ0n) is 15.1. The van der Waals surface area contributed by atoms with Gasteiger partial charge in [0, 0.05) is 18.0 Å². The molecule has 1 aromatic heterocycles. The van der Waals surface area contributed by atoms with Crippen LogP contribution in [-0.4, -0.2) is 19.0 Å². The van der Waals surface area contributed by atoms with Crippen molar-refractivity contribution in [2.24, 2.45) is 5.16 Å². The molecule has 0 radical (unpaired) electrons. The number of nitrogens with zero attached hydrogens (tertiary/aromatic N) is 1. The van der Waals surface area contributed by atoms with Crippen LogP contribution in [0, 0.1) is 6.92 Å². The van der Waals surface area contributed by atoms with Gasteiger partial charge in [0.15, 0.2) is 11.3 Å². The van der Waals surface area contributed by atoms with Crippen molar-refractivity contribution < 1.29 is 23.6 Å². The van der Waals surface area contributed by atoms with Gasteiger partial charge in [-0.1, -0.05) is 29.8 Å². The fourth-order valence-electron chi connectivity index (χ4n) is 2.46. The molecule has 0 bridgehead atoms. The highest BCUT2D eigenvalue weighted by Gasteiger charge is 2.15. The van der Waals surface area contributed by atoms with Gasteiger partial charge in [0.1, 0.15) is 5.56 Å². The van der Waals surface area contributed by atoms with Gasteiger partial charge in [0.25, 0.3) is 11.5 Å². The van der Waals surface area contributed by atoms with E-state index in [0.717, 1.165) is 5.56 Å². The zero-order chi connectivity index (χ0) is 19.4. The summed E-state index contributed by atoms with van der Waals surface area (Å²) in [5, 5.41) is 7.10. The normalized spacial score (nSPS) is 11.3. The van der Waals surface area contributed by atoms with E-state index < -0.39 is 11.9 Å². The van der Waals surface area contributed by atoms with Crippen LogP contribution >= 0.6 is 0 Å². The van der Waals surface area contributed by atoms with Gasteiger partial charge >= 0.3 is 5.97 Å². The second kappa shape index (κ2) is 7.74. The predicted molar refractivity (Wildman–Crippen MR) is 99.2 cm³/mol. The van der Waals surface area contributed by atoms with Crippen LogP contribution in [0.5, 0.6) is 5.75 Å². The molecule has 1 heterocycles. The average molecular weight is 366 g/mol. The maximum atomic E-state index is 12.8. The zero-order valence-corrected chi connectivity index (χ0v) is 15.1. The minimum Gasteiger partial charge on any atom is -0.493 e. The Morgan fingerprint density at radius 2 is 1.85 bits per heavy atom. The fraction of sp³-hybridized carbons (Fsp3) is 0.150. The van der Waals surface area contributed by atoms with Crippen LogP contribution in [0.25, 0.3) is 11.0 Å². The molecule has 1 N–H and O–H groups in total. The number of methoxy groups -OCH3 is 1. The SMILES string of the molecule is COc1cccc2cc(C(=O)Nc3ccc(C)cc3)/c(=N\OC(C)=O)oc12. The molecule has 1 amide bonds. The first kappa shape index (κ1) is 18.2. The molecule has 138 valence electrons. The Hall–Kier alpha value is -3.61. The van der Waals surface area contributed by atoms with Gasteiger partial charge in [-0.2, -0.15) is 0 Å². The molecule has 0 atom stereocenters. The summed E-state index contributed by atoms with van der Waals surface area (Å²) < 4.78 is 11.0. The molecule has 0 unspecified atom stereocenters. The van der Waals surface area contributed by atoms with Crippen LogP contribution in [0.3, 0.4) is 0 Å². The van der Waals surface area contributed by atoms with Gasteiger partial charge in [-0.3, -0.25) is 4.79 Å². The number of ether oxygens (including phenoxy) is 1. The van der Waals surface area contributed by atoms with E-state index in [1.807, 2.05) is 19.1 Å². The van der Waals surface area contributed by atoms with Crippen LogP contribution in [-0.2, 0) is 9.63 Å². The number of rotatable bonds is 4. The summed E-state index contributed by atoms with van der Waals surface area (Å²) in [6, 6.07) is 14.2. The smallest absolute Gasteiger partial charge is 0.332 e. The molecule has 7 nitrogen and oxygen atoms in total. The lowest BCUT2D eigenvalue weighted by atomic mass is 10.1. The van der Waals surface area contributed by atoms with Crippen molar-refractivity contribution in [1.29, 1.82) is 0 Å². The van der Waals surface area contributed by atoms with E-state index >= 15 is 0 Å².